The van der Waals surface area contributed by atoms with Crippen molar-refractivity contribution < 1.29 is 14.3 Å². The summed E-state index contributed by atoms with van der Waals surface area (Å²) >= 11 is 5.78. The van der Waals surface area contributed by atoms with Crippen LogP contribution in [0.4, 0.5) is 4.39 Å². The maximum Gasteiger partial charge on any atom is 0.321 e. The lowest BCUT2D eigenvalue weighted by Crippen LogP contribution is -2.40. The minimum absolute atomic E-state index is 0.0727. The van der Waals surface area contributed by atoms with Crippen LogP contribution in [0.3, 0.4) is 0 Å². The first kappa shape index (κ1) is 14.3. The van der Waals surface area contributed by atoms with Gasteiger partial charge in [0.25, 0.3) is 0 Å². The predicted octanol–water partition coefficient (Wildman–Crippen LogP) is 3.34. The Morgan fingerprint density at radius 1 is 1.58 bits per heavy atom. The number of carboxylic acid groups (broad SMARTS) is 1. The lowest BCUT2D eigenvalue weighted by Gasteiger charge is -2.30. The van der Waals surface area contributed by atoms with Crippen molar-refractivity contribution in [3.63, 3.8) is 0 Å². The van der Waals surface area contributed by atoms with E-state index in [0.29, 0.717) is 0 Å². The average molecular weight is 286 g/mol. The van der Waals surface area contributed by atoms with E-state index in [2.05, 4.69) is 0 Å². The Labute approximate surface area is 117 Å². The molecule has 1 N–H and O–H groups in total. The summed E-state index contributed by atoms with van der Waals surface area (Å²) in [7, 11) is 0. The lowest BCUT2D eigenvalue weighted by atomic mass is 10.0. The second-order valence-electron chi connectivity index (χ2n) is 5.14. The second-order valence-corrected chi connectivity index (χ2v) is 5.54. The van der Waals surface area contributed by atoms with Crippen LogP contribution in [-0.2, 0) is 4.79 Å². The van der Waals surface area contributed by atoms with E-state index in [1.807, 2.05) is 18.7 Å². The summed E-state index contributed by atoms with van der Waals surface area (Å²) in [4.78, 5) is 13.3. The third-order valence-corrected chi connectivity index (χ3v) is 4.21. The van der Waals surface area contributed by atoms with Crippen LogP contribution in [0.5, 0.6) is 0 Å². The highest BCUT2D eigenvalue weighted by Crippen LogP contribution is 2.33. The summed E-state index contributed by atoms with van der Waals surface area (Å²) in [5, 5.41) is 9.39. The highest BCUT2D eigenvalue weighted by Gasteiger charge is 2.39. The molecule has 0 aliphatic carbocycles. The molecule has 1 heterocycles. The summed E-state index contributed by atoms with van der Waals surface area (Å²) in [6.45, 7) is 4.61. The number of likely N-dealkylation sites (tertiary alicyclic amines) is 1. The van der Waals surface area contributed by atoms with Gasteiger partial charge in [-0.3, -0.25) is 9.69 Å². The van der Waals surface area contributed by atoms with Gasteiger partial charge in [-0.1, -0.05) is 24.6 Å². The smallest absolute Gasteiger partial charge is 0.321 e. The number of aliphatic carboxylic acids is 1. The summed E-state index contributed by atoms with van der Waals surface area (Å²) in [6, 6.07) is 3.98. The fourth-order valence-electron chi connectivity index (χ4n) is 2.76. The zero-order valence-corrected chi connectivity index (χ0v) is 11.7. The summed E-state index contributed by atoms with van der Waals surface area (Å²) in [5.74, 6) is -1.14. The fraction of sp³-hybridized carbons (Fsp3) is 0.500. The molecule has 3 unspecified atom stereocenters. The Bertz CT molecular complexity index is 494. The molecule has 0 aromatic heterocycles. The number of carbonyl (C=O) groups is 1. The SMILES string of the molecule is CC1CCN(C(C)c2ccc(F)c(Cl)c2)C1C(=O)O. The van der Waals surface area contributed by atoms with E-state index in [4.69, 9.17) is 11.6 Å². The predicted molar refractivity (Wildman–Crippen MR) is 71.7 cm³/mol. The van der Waals surface area contributed by atoms with Gasteiger partial charge in [0.15, 0.2) is 0 Å². The number of halogens is 2. The molecule has 0 amide bonds. The van der Waals surface area contributed by atoms with Gasteiger partial charge in [0, 0.05) is 6.04 Å². The van der Waals surface area contributed by atoms with Crippen LogP contribution >= 0.6 is 11.6 Å². The third kappa shape index (κ3) is 2.74. The van der Waals surface area contributed by atoms with Crippen molar-refractivity contribution in [1.29, 1.82) is 0 Å². The molecular formula is C14H17ClFNO2. The molecule has 0 spiro atoms. The molecule has 1 aromatic carbocycles. The summed E-state index contributed by atoms with van der Waals surface area (Å²) in [6.07, 6.45) is 0.857. The molecule has 19 heavy (non-hydrogen) atoms. The number of benzene rings is 1. The van der Waals surface area contributed by atoms with Gasteiger partial charge in [0.1, 0.15) is 11.9 Å². The van der Waals surface area contributed by atoms with Gasteiger partial charge < -0.3 is 5.11 Å². The normalized spacial score (nSPS) is 25.5. The minimum Gasteiger partial charge on any atom is -0.480 e. The zero-order valence-electron chi connectivity index (χ0n) is 10.9. The van der Waals surface area contributed by atoms with E-state index in [1.165, 1.54) is 6.07 Å². The summed E-state index contributed by atoms with van der Waals surface area (Å²) < 4.78 is 13.2. The van der Waals surface area contributed by atoms with Crippen molar-refractivity contribution in [2.24, 2.45) is 5.92 Å². The topological polar surface area (TPSA) is 40.5 Å². The molecular weight excluding hydrogens is 269 g/mol. The summed E-state index contributed by atoms with van der Waals surface area (Å²) in [5.41, 5.74) is 0.840. The molecule has 1 aliphatic rings. The number of hydrogen-bond acceptors (Lipinski definition) is 2. The van der Waals surface area contributed by atoms with Crippen LogP contribution in [0.15, 0.2) is 18.2 Å². The van der Waals surface area contributed by atoms with Gasteiger partial charge in [-0.2, -0.15) is 0 Å². The van der Waals surface area contributed by atoms with Crippen molar-refractivity contribution >= 4 is 17.6 Å². The molecule has 0 radical (unpaired) electrons. The van der Waals surface area contributed by atoms with Gasteiger partial charge in [0.2, 0.25) is 0 Å². The first-order valence-corrected chi connectivity index (χ1v) is 6.73. The third-order valence-electron chi connectivity index (χ3n) is 3.92. The van der Waals surface area contributed by atoms with Crippen molar-refractivity contribution in [1.82, 2.24) is 4.90 Å². The maximum absolute atomic E-state index is 13.2. The van der Waals surface area contributed by atoms with E-state index in [0.717, 1.165) is 18.5 Å². The molecule has 5 heteroatoms. The van der Waals surface area contributed by atoms with Gasteiger partial charge in [-0.25, -0.2) is 4.39 Å². The minimum atomic E-state index is -0.801. The molecule has 1 fully saturated rings. The Hall–Kier alpha value is -1.13. The standard InChI is InChI=1S/C14H17ClFNO2/c1-8-5-6-17(13(8)14(18)19)9(2)10-3-4-12(16)11(15)7-10/h3-4,7-9,13H,5-6H2,1-2H3,(H,18,19). The van der Waals surface area contributed by atoms with Crippen molar-refractivity contribution in [3.05, 3.63) is 34.6 Å². The highest BCUT2D eigenvalue weighted by molar-refractivity contribution is 6.30. The number of hydrogen-bond donors (Lipinski definition) is 1. The van der Waals surface area contributed by atoms with Crippen LogP contribution in [0.2, 0.25) is 5.02 Å². The Kier molecular flexibility index (Phi) is 4.11. The second kappa shape index (κ2) is 5.47. The zero-order chi connectivity index (χ0) is 14.2. The maximum atomic E-state index is 13.2. The molecule has 3 atom stereocenters. The van der Waals surface area contributed by atoms with Crippen LogP contribution in [0, 0.1) is 11.7 Å². The van der Waals surface area contributed by atoms with Crippen LogP contribution in [0.25, 0.3) is 0 Å². The van der Waals surface area contributed by atoms with E-state index < -0.39 is 17.8 Å². The van der Waals surface area contributed by atoms with Gasteiger partial charge in [-0.05, 0) is 43.5 Å². The lowest BCUT2D eigenvalue weighted by molar-refractivity contribution is -0.144. The molecule has 104 valence electrons. The van der Waals surface area contributed by atoms with E-state index in [-0.39, 0.29) is 17.0 Å². The molecule has 0 saturated carbocycles. The molecule has 2 rings (SSSR count). The van der Waals surface area contributed by atoms with Crippen molar-refractivity contribution in [2.45, 2.75) is 32.4 Å². The van der Waals surface area contributed by atoms with Gasteiger partial charge in [0.05, 0.1) is 5.02 Å². The molecule has 1 aromatic rings. The Balaban J connectivity index is 2.25. The fourth-order valence-corrected chi connectivity index (χ4v) is 2.95. The number of carboxylic acids is 1. The van der Waals surface area contributed by atoms with Crippen LogP contribution in [0.1, 0.15) is 31.9 Å². The number of rotatable bonds is 3. The van der Waals surface area contributed by atoms with Crippen molar-refractivity contribution in [3.8, 4) is 0 Å². The first-order valence-electron chi connectivity index (χ1n) is 6.35. The quantitative estimate of drug-likeness (QED) is 0.926. The monoisotopic (exact) mass is 285 g/mol. The van der Waals surface area contributed by atoms with Crippen LogP contribution in [-0.4, -0.2) is 28.6 Å². The van der Waals surface area contributed by atoms with E-state index in [9.17, 15) is 14.3 Å². The average Bonchev–Trinajstić information content (AvgIpc) is 2.74. The Morgan fingerprint density at radius 2 is 2.26 bits per heavy atom. The van der Waals surface area contributed by atoms with E-state index in [1.54, 1.807) is 12.1 Å². The molecule has 1 aliphatic heterocycles. The first-order chi connectivity index (χ1) is 8.91. The van der Waals surface area contributed by atoms with Gasteiger partial charge in [-0.15, -0.1) is 0 Å². The molecule has 1 saturated heterocycles. The number of nitrogens with zero attached hydrogens (tertiary/aromatic N) is 1. The largest absolute Gasteiger partial charge is 0.480 e. The van der Waals surface area contributed by atoms with Gasteiger partial charge >= 0.3 is 5.97 Å². The Morgan fingerprint density at radius 3 is 2.84 bits per heavy atom. The molecule has 3 nitrogen and oxygen atoms in total. The van der Waals surface area contributed by atoms with E-state index >= 15 is 0 Å². The van der Waals surface area contributed by atoms with Crippen molar-refractivity contribution in [2.75, 3.05) is 6.54 Å². The highest BCUT2D eigenvalue weighted by atomic mass is 35.5. The van der Waals surface area contributed by atoms with Crippen LogP contribution < -0.4 is 0 Å². The molecule has 0 bridgehead atoms.